The molecule has 14 rings (SSSR count). The van der Waals surface area contributed by atoms with Crippen molar-refractivity contribution in [3.05, 3.63) is 188 Å². The second-order valence-corrected chi connectivity index (χ2v) is 17.1. The number of fused-ring (bicyclic) bond motifs is 13. The molecule has 5 heterocycles. The maximum absolute atomic E-state index is 6.76. The molecule has 5 nitrogen and oxygen atoms in total. The first-order valence-corrected chi connectivity index (χ1v) is 21.6. The van der Waals surface area contributed by atoms with Gasteiger partial charge < -0.3 is 13.4 Å². The average Bonchev–Trinajstić information content (AvgIpc) is 4.09. The summed E-state index contributed by atoms with van der Waals surface area (Å²) in [6.45, 7) is 0. The molecule has 9 aromatic carbocycles. The number of aromatic nitrogens is 3. The Balaban J connectivity index is 1.08. The van der Waals surface area contributed by atoms with Crippen molar-refractivity contribution in [2.24, 2.45) is 0 Å². The molecule has 0 N–H and O–H groups in total. The highest BCUT2D eigenvalue weighted by Crippen LogP contribution is 2.45. The van der Waals surface area contributed by atoms with Crippen LogP contribution in [-0.4, -0.2) is 14.5 Å². The number of benzene rings is 9. The van der Waals surface area contributed by atoms with Crippen LogP contribution in [0.2, 0.25) is 0 Å². The van der Waals surface area contributed by atoms with Crippen LogP contribution >= 0.6 is 11.3 Å². The minimum atomic E-state index is 0.631. The molecule has 0 fully saturated rings. The number of nitrogens with zero attached hydrogens (tertiary/aromatic N) is 3. The molecule has 62 heavy (non-hydrogen) atoms. The summed E-state index contributed by atoms with van der Waals surface area (Å²) < 4.78 is 17.7. The first kappa shape index (κ1) is 33.7. The van der Waals surface area contributed by atoms with Gasteiger partial charge in [-0.25, -0.2) is 9.97 Å². The van der Waals surface area contributed by atoms with Gasteiger partial charge in [0.2, 0.25) is 0 Å². The number of hydrogen-bond acceptors (Lipinski definition) is 5. The van der Waals surface area contributed by atoms with E-state index in [9.17, 15) is 0 Å². The van der Waals surface area contributed by atoms with E-state index < -0.39 is 0 Å². The van der Waals surface area contributed by atoms with E-state index in [1.807, 2.05) is 18.2 Å². The van der Waals surface area contributed by atoms with E-state index in [2.05, 4.69) is 174 Å². The summed E-state index contributed by atoms with van der Waals surface area (Å²) in [6.07, 6.45) is 0. The first-order valence-electron chi connectivity index (χ1n) is 20.8. The highest BCUT2D eigenvalue weighted by molar-refractivity contribution is 7.26. The quantitative estimate of drug-likeness (QED) is 0.178. The van der Waals surface area contributed by atoms with Crippen molar-refractivity contribution in [1.29, 1.82) is 0 Å². The third-order valence-corrected chi connectivity index (χ3v) is 13.7. The average molecular weight is 810 g/mol. The lowest BCUT2D eigenvalue weighted by atomic mass is 10.0. The minimum Gasteiger partial charge on any atom is -0.456 e. The molecular weight excluding hydrogens is 779 g/mol. The number of hydrogen-bond donors (Lipinski definition) is 0. The molecular formula is C56H31N3O2S. The van der Waals surface area contributed by atoms with Gasteiger partial charge >= 0.3 is 0 Å². The summed E-state index contributed by atoms with van der Waals surface area (Å²) in [5.74, 6) is 0.631. The van der Waals surface area contributed by atoms with Crippen LogP contribution in [-0.2, 0) is 0 Å². The fourth-order valence-corrected chi connectivity index (χ4v) is 10.9. The summed E-state index contributed by atoms with van der Waals surface area (Å²) >= 11 is 1.75. The van der Waals surface area contributed by atoms with E-state index in [0.29, 0.717) is 5.82 Å². The van der Waals surface area contributed by atoms with Gasteiger partial charge in [-0.15, -0.1) is 11.3 Å². The van der Waals surface area contributed by atoms with Crippen molar-refractivity contribution in [1.82, 2.24) is 14.5 Å². The third-order valence-electron chi connectivity index (χ3n) is 12.6. The van der Waals surface area contributed by atoms with Crippen LogP contribution in [0.15, 0.2) is 197 Å². The van der Waals surface area contributed by atoms with E-state index in [1.165, 1.54) is 32.7 Å². The Hall–Kier alpha value is -8.06. The molecule has 288 valence electrons. The predicted molar refractivity (Wildman–Crippen MR) is 258 cm³/mol. The number of para-hydroxylation sites is 3. The Morgan fingerprint density at radius 3 is 1.97 bits per heavy atom. The van der Waals surface area contributed by atoms with Crippen LogP contribution < -0.4 is 0 Å². The van der Waals surface area contributed by atoms with Crippen molar-refractivity contribution in [3.63, 3.8) is 0 Å². The van der Waals surface area contributed by atoms with Gasteiger partial charge in [0.05, 0.1) is 38.0 Å². The van der Waals surface area contributed by atoms with Crippen LogP contribution in [0.4, 0.5) is 0 Å². The largest absolute Gasteiger partial charge is 0.456 e. The van der Waals surface area contributed by atoms with Crippen LogP contribution in [0.25, 0.3) is 136 Å². The van der Waals surface area contributed by atoms with Gasteiger partial charge in [0, 0.05) is 48.1 Å². The van der Waals surface area contributed by atoms with Crippen LogP contribution in [0.3, 0.4) is 0 Å². The van der Waals surface area contributed by atoms with Gasteiger partial charge in [-0.3, -0.25) is 0 Å². The van der Waals surface area contributed by atoms with E-state index in [1.54, 1.807) is 11.3 Å². The number of rotatable bonds is 4. The lowest BCUT2D eigenvalue weighted by Gasteiger charge is -2.13. The summed E-state index contributed by atoms with van der Waals surface area (Å²) in [7, 11) is 0. The summed E-state index contributed by atoms with van der Waals surface area (Å²) in [5, 5.41) is 10.2. The molecule has 0 saturated carbocycles. The summed E-state index contributed by atoms with van der Waals surface area (Å²) in [4.78, 5) is 11.1. The molecule has 0 aliphatic carbocycles. The maximum Gasteiger partial charge on any atom is 0.160 e. The zero-order chi connectivity index (χ0) is 40.5. The fourth-order valence-electron chi connectivity index (χ4n) is 9.70. The zero-order valence-corrected chi connectivity index (χ0v) is 33.8. The number of thiophene rings is 1. The molecule has 0 radical (unpaired) electrons. The molecule has 0 unspecified atom stereocenters. The molecule has 0 atom stereocenters. The monoisotopic (exact) mass is 809 g/mol. The van der Waals surface area contributed by atoms with Crippen molar-refractivity contribution in [3.8, 4) is 39.5 Å². The molecule has 0 spiro atoms. The molecule has 6 heteroatoms. The topological polar surface area (TPSA) is 57.0 Å². The van der Waals surface area contributed by atoms with Gasteiger partial charge in [0.15, 0.2) is 5.82 Å². The van der Waals surface area contributed by atoms with Gasteiger partial charge in [-0.05, 0) is 88.6 Å². The first-order chi connectivity index (χ1) is 30.7. The second-order valence-electron chi connectivity index (χ2n) is 16.1. The highest BCUT2D eigenvalue weighted by Gasteiger charge is 2.23. The minimum absolute atomic E-state index is 0.631. The normalized spacial score (nSPS) is 12.2. The van der Waals surface area contributed by atoms with Crippen molar-refractivity contribution in [2.75, 3.05) is 0 Å². The Bertz CT molecular complexity index is 4170. The van der Waals surface area contributed by atoms with E-state index >= 15 is 0 Å². The SMILES string of the molecule is c1ccc(-c2ccc3c(c2)sc2c(-c4ccc5oc6ccccc6c5c4)nc(-c4cc(-n5c6ccccc6c6cc7ccccc7cc65)c5c(c4)oc4ccccc45)nc23)cc1. The van der Waals surface area contributed by atoms with E-state index in [0.717, 1.165) is 97.7 Å². The Morgan fingerprint density at radius 1 is 0.403 bits per heavy atom. The van der Waals surface area contributed by atoms with E-state index in [4.69, 9.17) is 18.8 Å². The Morgan fingerprint density at radius 2 is 1.10 bits per heavy atom. The van der Waals surface area contributed by atoms with E-state index in [-0.39, 0.29) is 0 Å². The highest BCUT2D eigenvalue weighted by atomic mass is 32.1. The van der Waals surface area contributed by atoms with Gasteiger partial charge in [0.25, 0.3) is 0 Å². The van der Waals surface area contributed by atoms with Gasteiger partial charge in [-0.1, -0.05) is 121 Å². The Labute approximate surface area is 357 Å². The summed E-state index contributed by atoms with van der Waals surface area (Å²) in [5.41, 5.74) is 12.6. The molecule has 14 aromatic rings. The van der Waals surface area contributed by atoms with Crippen LogP contribution in [0, 0.1) is 0 Å². The second kappa shape index (κ2) is 12.7. The standard InChI is InChI=1S/C56H31N3O2S/c1-2-12-32(13-3-1)35-22-24-41-51(31-35)62-55-53(36-23-25-49-43(27-36)39-17-7-10-20-47(39)60-49)57-56(58-54(41)55)37-29-46(52-40-18-8-11-21-48(40)61-50(52)30-37)59-44-19-9-6-16-38(44)42-26-33-14-4-5-15-34(33)28-45(42)59/h1-31H. The number of furan rings is 2. The molecule has 0 aliphatic rings. The van der Waals surface area contributed by atoms with Crippen LogP contribution in [0.5, 0.6) is 0 Å². The molecule has 0 saturated heterocycles. The molecule has 0 aliphatic heterocycles. The van der Waals surface area contributed by atoms with Crippen molar-refractivity contribution < 1.29 is 8.83 Å². The lowest BCUT2D eigenvalue weighted by Crippen LogP contribution is -1.98. The molecule has 5 aromatic heterocycles. The zero-order valence-electron chi connectivity index (χ0n) is 33.0. The predicted octanol–water partition coefficient (Wildman–Crippen LogP) is 15.9. The lowest BCUT2D eigenvalue weighted by molar-refractivity contribution is 0.668. The Kier molecular flexibility index (Phi) is 6.92. The smallest absolute Gasteiger partial charge is 0.160 e. The van der Waals surface area contributed by atoms with Gasteiger partial charge in [0.1, 0.15) is 22.3 Å². The van der Waals surface area contributed by atoms with Crippen molar-refractivity contribution in [2.45, 2.75) is 0 Å². The fraction of sp³-hybridized carbons (Fsp3) is 0. The maximum atomic E-state index is 6.76. The molecule has 0 bridgehead atoms. The summed E-state index contributed by atoms with van der Waals surface area (Å²) in [6, 6.07) is 66.6. The molecule has 0 amide bonds. The third kappa shape index (κ3) is 4.89. The van der Waals surface area contributed by atoms with Crippen LogP contribution in [0.1, 0.15) is 0 Å². The van der Waals surface area contributed by atoms with Crippen molar-refractivity contribution >= 4 is 108 Å². The van der Waals surface area contributed by atoms with Gasteiger partial charge in [-0.2, -0.15) is 0 Å².